The monoisotopic (exact) mass is 432 g/mol. The van der Waals surface area contributed by atoms with Crippen molar-refractivity contribution in [1.82, 2.24) is 10.2 Å². The van der Waals surface area contributed by atoms with E-state index in [1.54, 1.807) is 20.3 Å². The number of hydrogen-bond donors (Lipinski definition) is 3. The zero-order chi connectivity index (χ0) is 22.5. The highest BCUT2D eigenvalue weighted by atomic mass is 16.5. The number of nitrogens with one attached hydrogen (secondary N) is 3. The van der Waals surface area contributed by atoms with Crippen molar-refractivity contribution in [1.29, 1.82) is 0 Å². The summed E-state index contributed by atoms with van der Waals surface area (Å²) >= 11 is 0. The largest absolute Gasteiger partial charge is 0.497 e. The third kappa shape index (κ3) is 4.92. The molecular formula is C24H24N4O4. The first-order valence-corrected chi connectivity index (χ1v) is 10.0. The number of aryl methyl sites for hydroxylation is 1. The third-order valence-electron chi connectivity index (χ3n) is 4.89. The van der Waals surface area contributed by atoms with Crippen LogP contribution in [0.4, 0.5) is 16.3 Å². The quantitative estimate of drug-likeness (QED) is 0.377. The molecule has 0 aliphatic rings. The summed E-state index contributed by atoms with van der Waals surface area (Å²) in [6.45, 7) is 2.32. The molecule has 0 saturated carbocycles. The van der Waals surface area contributed by atoms with Crippen molar-refractivity contribution in [2.45, 2.75) is 13.5 Å². The number of H-pyrrole nitrogens is 1. The van der Waals surface area contributed by atoms with Gasteiger partial charge >= 0.3 is 6.03 Å². The fraction of sp³-hybridized carbons (Fsp3) is 0.167. The van der Waals surface area contributed by atoms with E-state index < -0.39 is 0 Å². The normalized spacial score (nSPS) is 10.6. The van der Waals surface area contributed by atoms with Crippen LogP contribution in [0.3, 0.4) is 0 Å². The van der Waals surface area contributed by atoms with Crippen LogP contribution >= 0.6 is 0 Å². The van der Waals surface area contributed by atoms with Gasteiger partial charge in [-0.1, -0.05) is 17.7 Å². The summed E-state index contributed by atoms with van der Waals surface area (Å²) in [7, 11) is 3.21. The number of amides is 2. The highest BCUT2D eigenvalue weighted by Crippen LogP contribution is 2.27. The van der Waals surface area contributed by atoms with Gasteiger partial charge in [-0.15, -0.1) is 0 Å². The molecule has 2 amide bonds. The molecule has 0 aliphatic carbocycles. The maximum atomic E-state index is 12.4. The van der Waals surface area contributed by atoms with Gasteiger partial charge in [0.25, 0.3) is 0 Å². The Labute approximate surface area is 185 Å². The number of ether oxygens (including phenoxy) is 3. The fourth-order valence-corrected chi connectivity index (χ4v) is 3.20. The van der Waals surface area contributed by atoms with Crippen LogP contribution in [-0.2, 0) is 6.61 Å². The maximum absolute atomic E-state index is 12.4. The minimum absolute atomic E-state index is 0.327. The smallest absolute Gasteiger partial charge is 0.324 e. The van der Waals surface area contributed by atoms with Crippen LogP contribution in [-0.4, -0.2) is 30.4 Å². The molecule has 3 aromatic carbocycles. The van der Waals surface area contributed by atoms with E-state index in [-0.39, 0.29) is 6.03 Å². The molecule has 8 heteroatoms. The Kier molecular flexibility index (Phi) is 6.12. The minimum Gasteiger partial charge on any atom is -0.497 e. The van der Waals surface area contributed by atoms with E-state index in [1.807, 2.05) is 61.5 Å². The molecular weight excluding hydrogens is 408 g/mol. The number of aromatic nitrogens is 2. The van der Waals surface area contributed by atoms with Crippen LogP contribution in [0.2, 0.25) is 0 Å². The minimum atomic E-state index is -0.378. The molecule has 4 rings (SSSR count). The second kappa shape index (κ2) is 9.30. The van der Waals surface area contributed by atoms with Gasteiger partial charge in [-0.2, -0.15) is 5.10 Å². The Morgan fingerprint density at radius 3 is 2.31 bits per heavy atom. The van der Waals surface area contributed by atoms with E-state index in [1.165, 1.54) is 0 Å². The summed E-state index contributed by atoms with van der Waals surface area (Å²) in [6, 6.07) is 18.3. The van der Waals surface area contributed by atoms with E-state index in [2.05, 4.69) is 20.8 Å². The Morgan fingerprint density at radius 2 is 1.62 bits per heavy atom. The van der Waals surface area contributed by atoms with Crippen molar-refractivity contribution in [2.75, 3.05) is 24.9 Å². The molecule has 0 radical (unpaired) electrons. The molecule has 164 valence electrons. The summed E-state index contributed by atoms with van der Waals surface area (Å²) in [5.74, 6) is 2.44. The summed E-state index contributed by atoms with van der Waals surface area (Å²) < 4.78 is 16.6. The molecule has 1 heterocycles. The standard InChI is InChI=1S/C24H24N4O4/c1-15-4-6-17(7-5-15)25-24(29)26-23-21-13-18(8-9-22(21)27-28-23)32-14-16-10-19(30-2)12-20(11-16)31-3/h4-13H,14H2,1-3H3,(H3,25,26,27,28,29). The first kappa shape index (κ1) is 21.0. The summed E-state index contributed by atoms with van der Waals surface area (Å²) in [4.78, 5) is 12.4. The predicted octanol–water partition coefficient (Wildman–Crippen LogP) is 5.11. The van der Waals surface area contributed by atoms with Gasteiger partial charge in [-0.25, -0.2) is 4.79 Å². The van der Waals surface area contributed by atoms with Crippen molar-refractivity contribution in [3.8, 4) is 17.2 Å². The molecule has 0 unspecified atom stereocenters. The van der Waals surface area contributed by atoms with Crippen LogP contribution in [0.5, 0.6) is 17.2 Å². The van der Waals surface area contributed by atoms with Gasteiger partial charge in [0.2, 0.25) is 0 Å². The molecule has 0 spiro atoms. The molecule has 32 heavy (non-hydrogen) atoms. The van der Waals surface area contributed by atoms with E-state index in [0.717, 1.165) is 22.0 Å². The van der Waals surface area contributed by atoms with Gasteiger partial charge in [0.15, 0.2) is 5.82 Å². The van der Waals surface area contributed by atoms with Gasteiger partial charge in [-0.3, -0.25) is 10.4 Å². The topological polar surface area (TPSA) is 97.5 Å². The summed E-state index contributed by atoms with van der Waals surface area (Å²) in [6.07, 6.45) is 0. The predicted molar refractivity (Wildman–Crippen MR) is 124 cm³/mol. The van der Waals surface area contributed by atoms with Crippen LogP contribution < -0.4 is 24.8 Å². The zero-order valence-electron chi connectivity index (χ0n) is 18.1. The van der Waals surface area contributed by atoms with Crippen LogP contribution in [0, 0.1) is 6.92 Å². The lowest BCUT2D eigenvalue weighted by Gasteiger charge is -2.10. The van der Waals surface area contributed by atoms with Crippen LogP contribution in [0.1, 0.15) is 11.1 Å². The molecule has 0 atom stereocenters. The number of hydrogen-bond acceptors (Lipinski definition) is 5. The van der Waals surface area contributed by atoms with Gasteiger partial charge in [0.1, 0.15) is 23.9 Å². The Balaban J connectivity index is 1.46. The van der Waals surface area contributed by atoms with E-state index in [0.29, 0.717) is 35.4 Å². The third-order valence-corrected chi connectivity index (χ3v) is 4.89. The fourth-order valence-electron chi connectivity index (χ4n) is 3.20. The van der Waals surface area contributed by atoms with Gasteiger partial charge < -0.3 is 19.5 Å². The van der Waals surface area contributed by atoms with E-state index >= 15 is 0 Å². The highest BCUT2D eigenvalue weighted by Gasteiger charge is 2.11. The first-order valence-electron chi connectivity index (χ1n) is 10.0. The number of aromatic amines is 1. The number of fused-ring (bicyclic) bond motifs is 1. The summed E-state index contributed by atoms with van der Waals surface area (Å²) in [5, 5.41) is 13.4. The van der Waals surface area contributed by atoms with Crippen molar-refractivity contribution < 1.29 is 19.0 Å². The van der Waals surface area contributed by atoms with Crippen molar-refractivity contribution in [2.24, 2.45) is 0 Å². The van der Waals surface area contributed by atoms with Gasteiger partial charge in [-0.05, 0) is 55.0 Å². The molecule has 0 aliphatic heterocycles. The van der Waals surface area contributed by atoms with Gasteiger partial charge in [0.05, 0.1) is 19.7 Å². The molecule has 4 aromatic rings. The van der Waals surface area contributed by atoms with Crippen molar-refractivity contribution in [3.63, 3.8) is 0 Å². The second-order valence-electron chi connectivity index (χ2n) is 7.23. The summed E-state index contributed by atoms with van der Waals surface area (Å²) in [5.41, 5.74) is 3.51. The number of anilines is 2. The van der Waals surface area contributed by atoms with Crippen molar-refractivity contribution in [3.05, 3.63) is 71.8 Å². The maximum Gasteiger partial charge on any atom is 0.324 e. The van der Waals surface area contributed by atoms with Crippen molar-refractivity contribution >= 4 is 28.4 Å². The number of carbonyl (C=O) groups excluding carboxylic acids is 1. The average Bonchev–Trinajstić information content (AvgIpc) is 3.20. The lowest BCUT2D eigenvalue weighted by atomic mass is 10.2. The molecule has 1 aromatic heterocycles. The van der Waals surface area contributed by atoms with Crippen LogP contribution in [0.15, 0.2) is 60.7 Å². The SMILES string of the molecule is COc1cc(COc2ccc3[nH]nc(NC(=O)Nc4ccc(C)cc4)c3c2)cc(OC)c1. The van der Waals surface area contributed by atoms with Gasteiger partial charge in [0, 0.05) is 17.1 Å². The Morgan fingerprint density at radius 1 is 0.906 bits per heavy atom. The number of methoxy groups -OCH3 is 2. The van der Waals surface area contributed by atoms with Crippen LogP contribution in [0.25, 0.3) is 10.9 Å². The molecule has 0 fully saturated rings. The van der Waals surface area contributed by atoms with E-state index in [9.17, 15) is 4.79 Å². The number of nitrogens with zero attached hydrogens (tertiary/aromatic N) is 1. The number of urea groups is 1. The number of benzene rings is 3. The lowest BCUT2D eigenvalue weighted by molar-refractivity contribution is 0.262. The molecule has 0 saturated heterocycles. The number of rotatable bonds is 7. The zero-order valence-corrected chi connectivity index (χ0v) is 18.1. The average molecular weight is 432 g/mol. The highest BCUT2D eigenvalue weighted by molar-refractivity contribution is 6.04. The Hall–Kier alpha value is -4.20. The molecule has 8 nitrogen and oxygen atoms in total. The Bertz CT molecular complexity index is 1210. The first-order chi connectivity index (χ1) is 15.5. The lowest BCUT2D eigenvalue weighted by Crippen LogP contribution is -2.19. The van der Waals surface area contributed by atoms with E-state index in [4.69, 9.17) is 14.2 Å². The second-order valence-corrected chi connectivity index (χ2v) is 7.23. The molecule has 3 N–H and O–H groups in total. The number of carbonyl (C=O) groups is 1. The molecule has 0 bridgehead atoms.